The second-order valence-corrected chi connectivity index (χ2v) is 8.59. The Labute approximate surface area is 206 Å². The van der Waals surface area contributed by atoms with E-state index in [0.29, 0.717) is 18.7 Å². The van der Waals surface area contributed by atoms with Gasteiger partial charge in [0, 0.05) is 35.5 Å². The first kappa shape index (κ1) is 25.0. The van der Waals surface area contributed by atoms with E-state index in [-0.39, 0.29) is 5.56 Å². The molecule has 1 aliphatic heterocycles. The van der Waals surface area contributed by atoms with Crippen LogP contribution in [0.2, 0.25) is 0 Å². The van der Waals surface area contributed by atoms with E-state index in [2.05, 4.69) is 10.6 Å². The van der Waals surface area contributed by atoms with Crippen molar-refractivity contribution >= 4 is 23.2 Å². The fraction of sp³-hybridized carbons (Fsp3) is 0.222. The molecule has 2 amide bonds. The Morgan fingerprint density at radius 2 is 1.67 bits per heavy atom. The number of hydrogen-bond donors (Lipinski definition) is 2. The van der Waals surface area contributed by atoms with Crippen LogP contribution in [0.3, 0.4) is 0 Å². The lowest BCUT2D eigenvalue weighted by Gasteiger charge is -2.24. The Morgan fingerprint density at radius 3 is 2.42 bits per heavy atom. The first-order valence-electron chi connectivity index (χ1n) is 11.4. The van der Waals surface area contributed by atoms with Crippen molar-refractivity contribution in [3.63, 3.8) is 0 Å². The molecule has 0 radical (unpaired) electrons. The molecule has 1 aliphatic rings. The lowest BCUT2D eigenvalue weighted by molar-refractivity contribution is -0.128. The molecule has 0 aromatic heterocycles. The van der Waals surface area contributed by atoms with Gasteiger partial charge >= 0.3 is 0 Å². The van der Waals surface area contributed by atoms with Gasteiger partial charge in [0.15, 0.2) is 11.6 Å². The van der Waals surface area contributed by atoms with Crippen LogP contribution in [0.4, 0.5) is 18.9 Å². The average molecular weight is 495 g/mol. The summed E-state index contributed by atoms with van der Waals surface area (Å²) in [5.41, 5.74) is 3.21. The maximum atomic E-state index is 13.9. The van der Waals surface area contributed by atoms with Crippen LogP contribution < -0.4 is 15.5 Å². The number of anilines is 1. The van der Waals surface area contributed by atoms with Crippen LogP contribution in [0, 0.1) is 17.5 Å². The van der Waals surface area contributed by atoms with Crippen LogP contribution in [0.15, 0.2) is 71.7 Å². The standard InChI is InChI=1S/C27H25F3N4O2/c1-16(31-25(35)13-18-12-21(29)22(30)14-20(18)28)27(36)33-24-15-34(2)23-11-7-6-10-19(23)26(32-24)17-8-4-3-5-9-17/h3-12,14,16,24H,13,15H2,1-2H3,(H,31,35)(H,33,36)/t16?,24-/m1/s1. The number of hydrogen-bond acceptors (Lipinski definition) is 4. The normalized spacial score (nSPS) is 15.9. The van der Waals surface area contributed by atoms with Crippen LogP contribution in [0.1, 0.15) is 23.6 Å². The second kappa shape index (κ2) is 10.6. The van der Waals surface area contributed by atoms with Crippen LogP contribution >= 0.6 is 0 Å². The van der Waals surface area contributed by atoms with Gasteiger partial charge in [-0.25, -0.2) is 13.2 Å². The molecule has 9 heteroatoms. The maximum Gasteiger partial charge on any atom is 0.243 e. The Hall–Kier alpha value is -4.14. The molecule has 1 unspecified atom stereocenters. The smallest absolute Gasteiger partial charge is 0.243 e. The Bertz CT molecular complexity index is 1310. The molecule has 0 saturated carbocycles. The number of carbonyl (C=O) groups is 2. The van der Waals surface area contributed by atoms with Gasteiger partial charge in [-0.1, -0.05) is 48.5 Å². The van der Waals surface area contributed by atoms with Gasteiger partial charge in [0.05, 0.1) is 18.7 Å². The summed E-state index contributed by atoms with van der Waals surface area (Å²) in [5, 5.41) is 5.32. The molecule has 36 heavy (non-hydrogen) atoms. The molecule has 6 nitrogen and oxygen atoms in total. The third kappa shape index (κ3) is 5.56. The highest BCUT2D eigenvalue weighted by Crippen LogP contribution is 2.26. The van der Waals surface area contributed by atoms with E-state index in [0.717, 1.165) is 22.5 Å². The van der Waals surface area contributed by atoms with Gasteiger partial charge in [-0.2, -0.15) is 0 Å². The molecule has 0 saturated heterocycles. The van der Waals surface area contributed by atoms with E-state index in [9.17, 15) is 22.8 Å². The van der Waals surface area contributed by atoms with Crippen molar-refractivity contribution in [1.82, 2.24) is 10.6 Å². The number of halogens is 3. The highest BCUT2D eigenvalue weighted by atomic mass is 19.2. The first-order valence-corrected chi connectivity index (χ1v) is 11.4. The molecule has 0 bridgehead atoms. The number of fused-ring (bicyclic) bond motifs is 1. The minimum absolute atomic E-state index is 0.306. The minimum atomic E-state index is -1.34. The Balaban J connectivity index is 1.48. The van der Waals surface area contributed by atoms with Crippen LogP contribution in [-0.4, -0.2) is 43.3 Å². The predicted octanol–water partition coefficient (Wildman–Crippen LogP) is 3.58. The fourth-order valence-electron chi connectivity index (χ4n) is 4.05. The topological polar surface area (TPSA) is 73.8 Å². The summed E-state index contributed by atoms with van der Waals surface area (Å²) < 4.78 is 40.4. The van der Waals surface area contributed by atoms with Crippen molar-refractivity contribution in [2.45, 2.75) is 25.6 Å². The fourth-order valence-corrected chi connectivity index (χ4v) is 4.05. The van der Waals surface area contributed by atoms with E-state index in [1.54, 1.807) is 0 Å². The summed E-state index contributed by atoms with van der Waals surface area (Å²) >= 11 is 0. The highest BCUT2D eigenvalue weighted by molar-refractivity contribution is 6.16. The summed E-state index contributed by atoms with van der Waals surface area (Å²) in [7, 11) is 1.91. The zero-order chi connectivity index (χ0) is 25.8. The van der Waals surface area contributed by atoms with Gasteiger partial charge in [0.2, 0.25) is 11.8 Å². The number of para-hydroxylation sites is 1. The number of amides is 2. The van der Waals surface area contributed by atoms with Gasteiger partial charge in [0.25, 0.3) is 0 Å². The molecule has 2 N–H and O–H groups in total. The van der Waals surface area contributed by atoms with Gasteiger partial charge in [-0.05, 0) is 19.1 Å². The van der Waals surface area contributed by atoms with Crippen LogP contribution in [0.25, 0.3) is 0 Å². The van der Waals surface area contributed by atoms with Gasteiger partial charge in [0.1, 0.15) is 18.0 Å². The summed E-state index contributed by atoms with van der Waals surface area (Å²) in [4.78, 5) is 32.1. The lowest BCUT2D eigenvalue weighted by atomic mass is 10.0. The molecular formula is C27H25F3N4O2. The molecule has 0 aliphatic carbocycles. The first-order chi connectivity index (χ1) is 17.2. The second-order valence-electron chi connectivity index (χ2n) is 8.59. The molecule has 2 atom stereocenters. The number of rotatable bonds is 6. The summed E-state index contributed by atoms with van der Waals surface area (Å²) in [5.74, 6) is -4.83. The van der Waals surface area contributed by atoms with Crippen molar-refractivity contribution in [3.8, 4) is 0 Å². The number of benzodiazepines with no additional fused rings is 1. The molecule has 0 fully saturated rings. The molecule has 3 aromatic carbocycles. The average Bonchev–Trinajstić information content (AvgIpc) is 2.99. The molecular weight excluding hydrogens is 469 g/mol. The van der Waals surface area contributed by atoms with E-state index in [1.165, 1.54) is 6.92 Å². The third-order valence-electron chi connectivity index (χ3n) is 5.87. The van der Waals surface area contributed by atoms with Crippen molar-refractivity contribution in [2.75, 3.05) is 18.5 Å². The van der Waals surface area contributed by atoms with Gasteiger partial charge in [-0.15, -0.1) is 0 Å². The Morgan fingerprint density at radius 1 is 1.00 bits per heavy atom. The number of nitrogens with one attached hydrogen (secondary N) is 2. The molecule has 4 rings (SSSR count). The summed E-state index contributed by atoms with van der Waals surface area (Å²) in [6.45, 7) is 1.87. The number of nitrogens with zero attached hydrogens (tertiary/aromatic N) is 2. The zero-order valence-electron chi connectivity index (χ0n) is 19.8. The molecule has 186 valence electrons. The number of carbonyl (C=O) groups excluding carboxylic acids is 2. The van der Waals surface area contributed by atoms with Crippen molar-refractivity contribution in [2.24, 2.45) is 4.99 Å². The predicted molar refractivity (Wildman–Crippen MR) is 131 cm³/mol. The third-order valence-corrected chi connectivity index (χ3v) is 5.87. The van der Waals surface area contributed by atoms with Crippen molar-refractivity contribution in [3.05, 3.63) is 101 Å². The lowest BCUT2D eigenvalue weighted by Crippen LogP contribution is -2.50. The quantitative estimate of drug-likeness (QED) is 0.515. The van der Waals surface area contributed by atoms with Crippen LogP contribution in [-0.2, 0) is 16.0 Å². The van der Waals surface area contributed by atoms with Gasteiger partial charge < -0.3 is 15.5 Å². The van der Waals surface area contributed by atoms with Crippen molar-refractivity contribution < 1.29 is 22.8 Å². The number of benzene rings is 3. The SMILES string of the molecule is CC(NC(=O)Cc1cc(F)c(F)cc1F)C(=O)N[C@@H]1CN(C)c2ccccc2C(c2ccccc2)=N1. The molecule has 1 heterocycles. The highest BCUT2D eigenvalue weighted by Gasteiger charge is 2.26. The molecule has 3 aromatic rings. The minimum Gasteiger partial charge on any atom is -0.370 e. The van der Waals surface area contributed by atoms with E-state index in [4.69, 9.17) is 4.99 Å². The van der Waals surface area contributed by atoms with E-state index in [1.807, 2.05) is 66.5 Å². The number of likely N-dealkylation sites (N-methyl/N-ethyl adjacent to an activating group) is 1. The summed E-state index contributed by atoms with van der Waals surface area (Å²) in [6.07, 6.45) is -1.16. The zero-order valence-corrected chi connectivity index (χ0v) is 19.8. The monoisotopic (exact) mass is 494 g/mol. The van der Waals surface area contributed by atoms with Gasteiger partial charge in [-0.3, -0.25) is 14.6 Å². The van der Waals surface area contributed by atoms with Crippen molar-refractivity contribution in [1.29, 1.82) is 0 Å². The number of aliphatic imine (C=N–C) groups is 1. The van der Waals surface area contributed by atoms with Crippen LogP contribution in [0.5, 0.6) is 0 Å². The maximum absolute atomic E-state index is 13.9. The molecule has 0 spiro atoms. The Kier molecular flexibility index (Phi) is 7.38. The largest absolute Gasteiger partial charge is 0.370 e. The summed E-state index contributed by atoms with van der Waals surface area (Å²) in [6, 6.07) is 17.5. The van der Waals surface area contributed by atoms with E-state index < -0.39 is 47.9 Å². The van der Waals surface area contributed by atoms with E-state index >= 15 is 0 Å².